The molecule has 0 bridgehead atoms. The third-order valence-electron chi connectivity index (χ3n) is 10.2. The number of nitro groups is 1. The predicted molar refractivity (Wildman–Crippen MR) is 185 cm³/mol. The van der Waals surface area contributed by atoms with Gasteiger partial charge in [-0.2, -0.15) is 0 Å². The lowest BCUT2D eigenvalue weighted by Crippen LogP contribution is -2.43. The lowest BCUT2D eigenvalue weighted by Gasteiger charge is -2.43. The standard InChI is InChI=1S/C40H43N3O4/c1-29-37(38(30-14-12-19-33(28-30)43(46)47)39-34(41-29)20-13-22-36(39)45)35(44)21-10-2-3-11-25-42-26-23-40(24-27-42,31-15-6-4-7-16-31)32-17-8-5-9-18-32/h4-9,12,14-19,28H,2-3,10-11,13,20-27H2,1H3. The Labute approximate surface area is 277 Å². The fraction of sp³-hybridized carbons (Fsp3) is 0.375. The molecule has 2 aliphatic rings. The lowest BCUT2D eigenvalue weighted by molar-refractivity contribution is -0.384. The van der Waals surface area contributed by atoms with Crippen molar-refractivity contribution in [2.45, 2.75) is 76.5 Å². The van der Waals surface area contributed by atoms with Crippen LogP contribution in [-0.2, 0) is 11.8 Å². The van der Waals surface area contributed by atoms with Crippen molar-refractivity contribution in [3.8, 4) is 11.1 Å². The first kappa shape index (κ1) is 32.5. The number of pyridine rings is 1. The number of ketones is 2. The van der Waals surface area contributed by atoms with Crippen LogP contribution in [0.15, 0.2) is 84.9 Å². The number of rotatable bonds is 12. The molecule has 0 unspecified atom stereocenters. The Morgan fingerprint density at radius 3 is 2.17 bits per heavy atom. The number of carbonyl (C=O) groups is 2. The van der Waals surface area contributed by atoms with Gasteiger partial charge >= 0.3 is 0 Å². The minimum Gasteiger partial charge on any atom is -0.303 e. The van der Waals surface area contributed by atoms with E-state index in [-0.39, 0.29) is 22.7 Å². The topological polar surface area (TPSA) is 93.4 Å². The molecule has 4 aromatic rings. The molecule has 0 radical (unpaired) electrons. The average molecular weight is 630 g/mol. The number of Topliss-reactive ketones (excluding diaryl/α,β-unsaturated/α-hetero) is 2. The van der Waals surface area contributed by atoms with Gasteiger partial charge in [-0.15, -0.1) is 0 Å². The van der Waals surface area contributed by atoms with Crippen LogP contribution >= 0.6 is 0 Å². The van der Waals surface area contributed by atoms with Crippen molar-refractivity contribution in [2.24, 2.45) is 0 Å². The van der Waals surface area contributed by atoms with Gasteiger partial charge in [-0.1, -0.05) is 85.6 Å². The van der Waals surface area contributed by atoms with Gasteiger partial charge in [0.25, 0.3) is 5.69 Å². The molecule has 0 atom stereocenters. The van der Waals surface area contributed by atoms with E-state index in [1.165, 1.54) is 23.3 Å². The number of aryl methyl sites for hydroxylation is 2. The molecule has 1 aliphatic carbocycles. The van der Waals surface area contributed by atoms with Crippen LogP contribution in [0, 0.1) is 17.0 Å². The molecule has 242 valence electrons. The van der Waals surface area contributed by atoms with Crippen molar-refractivity contribution in [3.05, 3.63) is 129 Å². The average Bonchev–Trinajstić information content (AvgIpc) is 3.10. The fourth-order valence-corrected chi connectivity index (χ4v) is 7.71. The summed E-state index contributed by atoms with van der Waals surface area (Å²) < 4.78 is 0. The van der Waals surface area contributed by atoms with Crippen LogP contribution in [0.5, 0.6) is 0 Å². The number of aromatic nitrogens is 1. The number of fused-ring (bicyclic) bond motifs is 1. The summed E-state index contributed by atoms with van der Waals surface area (Å²) in [6.07, 6.45) is 8.16. The molecule has 0 amide bonds. The first-order valence-electron chi connectivity index (χ1n) is 17.1. The van der Waals surface area contributed by atoms with Gasteiger partial charge in [0.15, 0.2) is 11.6 Å². The molecule has 7 nitrogen and oxygen atoms in total. The van der Waals surface area contributed by atoms with Gasteiger partial charge in [-0.3, -0.25) is 24.7 Å². The van der Waals surface area contributed by atoms with E-state index in [1.54, 1.807) is 12.1 Å². The molecule has 3 aromatic carbocycles. The Morgan fingerprint density at radius 2 is 1.51 bits per heavy atom. The number of nitro benzene ring substituents is 1. The highest BCUT2D eigenvalue weighted by atomic mass is 16.6. The Balaban J connectivity index is 1.06. The number of unbranched alkanes of at least 4 members (excludes halogenated alkanes) is 3. The van der Waals surface area contributed by atoms with Crippen molar-refractivity contribution in [3.63, 3.8) is 0 Å². The number of likely N-dealkylation sites (tertiary alicyclic amines) is 1. The van der Waals surface area contributed by atoms with Crippen LogP contribution in [0.3, 0.4) is 0 Å². The molecule has 0 saturated carbocycles. The summed E-state index contributed by atoms with van der Waals surface area (Å²) >= 11 is 0. The maximum atomic E-state index is 13.8. The zero-order valence-corrected chi connectivity index (χ0v) is 27.2. The highest BCUT2D eigenvalue weighted by molar-refractivity contribution is 6.12. The van der Waals surface area contributed by atoms with E-state index in [9.17, 15) is 19.7 Å². The van der Waals surface area contributed by atoms with Gasteiger partial charge in [0.2, 0.25) is 0 Å². The van der Waals surface area contributed by atoms with Crippen molar-refractivity contribution in [2.75, 3.05) is 19.6 Å². The molecule has 1 aromatic heterocycles. The highest BCUT2D eigenvalue weighted by Crippen LogP contribution is 2.42. The Bertz CT molecular complexity index is 1700. The summed E-state index contributed by atoms with van der Waals surface area (Å²) in [6.45, 7) is 4.99. The van der Waals surface area contributed by atoms with Crippen molar-refractivity contribution in [1.82, 2.24) is 9.88 Å². The van der Waals surface area contributed by atoms with Crippen molar-refractivity contribution in [1.29, 1.82) is 0 Å². The summed E-state index contributed by atoms with van der Waals surface area (Å²) in [4.78, 5) is 45.3. The Morgan fingerprint density at radius 1 is 0.851 bits per heavy atom. The van der Waals surface area contributed by atoms with E-state index in [1.807, 2.05) is 6.92 Å². The van der Waals surface area contributed by atoms with E-state index < -0.39 is 4.92 Å². The minimum atomic E-state index is -0.444. The molecule has 0 spiro atoms. The van der Waals surface area contributed by atoms with E-state index in [0.29, 0.717) is 52.9 Å². The molecule has 2 heterocycles. The molecule has 1 fully saturated rings. The van der Waals surface area contributed by atoms with Gasteiger partial charge in [-0.05, 0) is 81.8 Å². The van der Waals surface area contributed by atoms with E-state index in [4.69, 9.17) is 4.98 Å². The molecular weight excluding hydrogens is 586 g/mol. The van der Waals surface area contributed by atoms with E-state index >= 15 is 0 Å². The first-order valence-corrected chi connectivity index (χ1v) is 17.1. The van der Waals surface area contributed by atoms with Crippen LogP contribution in [-0.4, -0.2) is 46.0 Å². The second-order valence-corrected chi connectivity index (χ2v) is 13.1. The Hall–Kier alpha value is -4.49. The molecule has 47 heavy (non-hydrogen) atoms. The fourth-order valence-electron chi connectivity index (χ4n) is 7.71. The van der Waals surface area contributed by atoms with E-state index in [2.05, 4.69) is 65.6 Å². The minimum absolute atomic E-state index is 0.0446. The van der Waals surface area contributed by atoms with Crippen LogP contribution in [0.25, 0.3) is 11.1 Å². The largest absolute Gasteiger partial charge is 0.303 e. The van der Waals surface area contributed by atoms with Gasteiger partial charge in [0, 0.05) is 52.8 Å². The second-order valence-electron chi connectivity index (χ2n) is 13.1. The molecule has 1 aliphatic heterocycles. The summed E-state index contributed by atoms with van der Waals surface area (Å²) in [5.41, 5.74) is 6.04. The monoisotopic (exact) mass is 629 g/mol. The zero-order chi connectivity index (χ0) is 32.8. The van der Waals surface area contributed by atoms with Gasteiger partial charge < -0.3 is 4.90 Å². The third kappa shape index (κ3) is 6.96. The summed E-state index contributed by atoms with van der Waals surface area (Å²) in [5.74, 6) is -0.0938. The molecular formula is C40H43N3O4. The second kappa shape index (κ2) is 14.5. The van der Waals surface area contributed by atoms with Gasteiger partial charge in [0.1, 0.15) is 0 Å². The van der Waals surface area contributed by atoms with Crippen LogP contribution in [0.4, 0.5) is 5.69 Å². The number of carbonyl (C=O) groups excluding carboxylic acids is 2. The highest BCUT2D eigenvalue weighted by Gasteiger charge is 2.37. The number of piperidine rings is 1. The molecule has 0 N–H and O–H groups in total. The van der Waals surface area contributed by atoms with Crippen molar-refractivity contribution < 1.29 is 14.5 Å². The predicted octanol–water partition coefficient (Wildman–Crippen LogP) is 8.70. The molecule has 7 heteroatoms. The van der Waals surface area contributed by atoms with Crippen LogP contribution < -0.4 is 0 Å². The van der Waals surface area contributed by atoms with Crippen LogP contribution in [0.2, 0.25) is 0 Å². The maximum Gasteiger partial charge on any atom is 0.270 e. The van der Waals surface area contributed by atoms with Gasteiger partial charge in [0.05, 0.1) is 10.6 Å². The number of nitrogens with zero attached hydrogens (tertiary/aromatic N) is 3. The number of non-ortho nitro benzene ring substituents is 1. The third-order valence-corrected chi connectivity index (χ3v) is 10.2. The van der Waals surface area contributed by atoms with Gasteiger partial charge in [-0.25, -0.2) is 0 Å². The normalized spacial score (nSPS) is 16.1. The molecule has 6 rings (SSSR count). The maximum absolute atomic E-state index is 13.8. The number of benzene rings is 3. The first-order chi connectivity index (χ1) is 22.9. The summed E-state index contributed by atoms with van der Waals surface area (Å²) in [6, 6.07) is 28.1. The quantitative estimate of drug-likeness (QED) is 0.0674. The number of hydrogen-bond donors (Lipinski definition) is 0. The molecule has 1 saturated heterocycles. The zero-order valence-electron chi connectivity index (χ0n) is 27.2. The Kier molecular flexibility index (Phi) is 10.0. The summed E-state index contributed by atoms with van der Waals surface area (Å²) in [5, 5.41) is 11.6. The lowest BCUT2D eigenvalue weighted by atomic mass is 9.68. The van der Waals surface area contributed by atoms with Crippen molar-refractivity contribution >= 4 is 17.3 Å². The SMILES string of the molecule is Cc1nc2c(c(-c3cccc([N+](=O)[O-])c3)c1C(=O)CCCCCCN1CCC(c3ccccc3)(c3ccccc3)CC1)C(=O)CCC2. The number of hydrogen-bond acceptors (Lipinski definition) is 6. The van der Waals surface area contributed by atoms with Crippen LogP contribution in [0.1, 0.15) is 101 Å². The summed E-state index contributed by atoms with van der Waals surface area (Å²) in [7, 11) is 0. The smallest absolute Gasteiger partial charge is 0.270 e. The van der Waals surface area contributed by atoms with E-state index in [0.717, 1.165) is 64.6 Å².